The summed E-state index contributed by atoms with van der Waals surface area (Å²) in [5.74, 6) is 0.554. The average molecular weight is 515 g/mol. The quantitative estimate of drug-likeness (QED) is 0.133. The second kappa shape index (κ2) is 16.8. The summed E-state index contributed by atoms with van der Waals surface area (Å²) in [5.41, 5.74) is 5.30. The van der Waals surface area contributed by atoms with Crippen LogP contribution in [-0.4, -0.2) is 22.0 Å². The minimum atomic E-state index is -0.221. The predicted octanol–water partition coefficient (Wildman–Crippen LogP) is 8.96. The third-order valence-corrected chi connectivity index (χ3v) is 7.12. The van der Waals surface area contributed by atoms with Crippen LogP contribution >= 0.6 is 0 Å². The molecule has 204 valence electrons. The highest BCUT2D eigenvalue weighted by atomic mass is 16.5. The molecule has 0 saturated heterocycles. The number of ether oxygens (including phenoxy) is 1. The van der Waals surface area contributed by atoms with Gasteiger partial charge in [-0.2, -0.15) is 0 Å². The molecule has 0 aliphatic rings. The van der Waals surface area contributed by atoms with Gasteiger partial charge in [-0.15, -0.1) is 0 Å². The molecular weight excluding hydrogens is 468 g/mol. The zero-order valence-electron chi connectivity index (χ0n) is 23.8. The average Bonchev–Trinajstić information content (AvgIpc) is 2.95. The maximum absolute atomic E-state index is 12.6. The zero-order valence-corrected chi connectivity index (χ0v) is 23.8. The summed E-state index contributed by atoms with van der Waals surface area (Å²) in [4.78, 5) is 21.8. The van der Waals surface area contributed by atoms with Crippen LogP contribution in [0.1, 0.15) is 112 Å². The van der Waals surface area contributed by atoms with E-state index in [-0.39, 0.29) is 12.1 Å². The van der Waals surface area contributed by atoms with Crippen LogP contribution in [0, 0.1) is 0 Å². The van der Waals surface area contributed by atoms with Gasteiger partial charge in [0.25, 0.3) is 0 Å². The predicted molar refractivity (Wildman–Crippen MR) is 157 cm³/mol. The summed E-state index contributed by atoms with van der Waals surface area (Å²) in [6.45, 7) is 6.44. The van der Waals surface area contributed by atoms with Crippen molar-refractivity contribution in [3.05, 3.63) is 83.2 Å². The number of unbranched alkanes of at least 4 members (excludes halogenated alkanes) is 7. The molecule has 0 bridgehead atoms. The normalized spacial score (nSPS) is 11.9. The second-order valence-corrected chi connectivity index (χ2v) is 10.5. The van der Waals surface area contributed by atoms with Crippen LogP contribution in [0.2, 0.25) is 0 Å². The lowest BCUT2D eigenvalue weighted by Gasteiger charge is -2.13. The molecule has 0 spiro atoms. The molecule has 1 heterocycles. The Hall–Kier alpha value is -3.01. The molecule has 4 heteroatoms. The lowest BCUT2D eigenvalue weighted by atomic mass is 10.0. The number of aromatic nitrogens is 2. The van der Waals surface area contributed by atoms with Gasteiger partial charge in [-0.25, -0.2) is 14.8 Å². The monoisotopic (exact) mass is 514 g/mol. The van der Waals surface area contributed by atoms with E-state index in [4.69, 9.17) is 4.74 Å². The number of hydrogen-bond acceptors (Lipinski definition) is 4. The number of aryl methyl sites for hydroxylation is 3. The molecule has 4 nitrogen and oxygen atoms in total. The maximum atomic E-state index is 12.6. The lowest BCUT2D eigenvalue weighted by Crippen LogP contribution is -2.15. The number of benzene rings is 2. The fraction of sp³-hybridized carbons (Fsp3) is 0.500. The molecule has 0 amide bonds. The molecule has 1 unspecified atom stereocenters. The Kier molecular flexibility index (Phi) is 13.0. The van der Waals surface area contributed by atoms with Gasteiger partial charge >= 0.3 is 5.97 Å². The molecule has 0 aliphatic heterocycles. The van der Waals surface area contributed by atoms with E-state index in [1.807, 2.05) is 37.5 Å². The van der Waals surface area contributed by atoms with E-state index in [0.29, 0.717) is 5.56 Å². The summed E-state index contributed by atoms with van der Waals surface area (Å²) in [6, 6.07) is 16.4. The van der Waals surface area contributed by atoms with E-state index in [1.54, 1.807) is 0 Å². The minimum absolute atomic E-state index is 0.0442. The third-order valence-electron chi connectivity index (χ3n) is 7.12. The number of carbonyl (C=O) groups is 1. The fourth-order valence-electron chi connectivity index (χ4n) is 4.70. The van der Waals surface area contributed by atoms with Crippen LogP contribution in [0.25, 0.3) is 11.4 Å². The van der Waals surface area contributed by atoms with Gasteiger partial charge in [-0.3, -0.25) is 0 Å². The summed E-state index contributed by atoms with van der Waals surface area (Å²) in [6.07, 6.45) is 18.8. The largest absolute Gasteiger partial charge is 0.459 e. The van der Waals surface area contributed by atoms with Crippen LogP contribution in [0.5, 0.6) is 0 Å². The van der Waals surface area contributed by atoms with Gasteiger partial charge in [-0.05, 0) is 74.3 Å². The van der Waals surface area contributed by atoms with E-state index < -0.39 is 0 Å². The topological polar surface area (TPSA) is 52.1 Å². The van der Waals surface area contributed by atoms with Crippen molar-refractivity contribution in [3.63, 3.8) is 0 Å². The Morgan fingerprint density at radius 3 is 2.11 bits per heavy atom. The zero-order chi connectivity index (χ0) is 27.0. The molecule has 38 heavy (non-hydrogen) atoms. The highest BCUT2D eigenvalue weighted by Crippen LogP contribution is 2.18. The van der Waals surface area contributed by atoms with Gasteiger partial charge in [0, 0.05) is 18.0 Å². The smallest absolute Gasteiger partial charge is 0.338 e. The molecule has 0 N–H and O–H groups in total. The van der Waals surface area contributed by atoms with Crippen molar-refractivity contribution in [3.8, 4) is 11.4 Å². The second-order valence-electron chi connectivity index (χ2n) is 10.5. The van der Waals surface area contributed by atoms with E-state index in [2.05, 4.69) is 54.1 Å². The highest BCUT2D eigenvalue weighted by molar-refractivity contribution is 5.89. The Labute approximate surface area is 230 Å². The summed E-state index contributed by atoms with van der Waals surface area (Å²) < 4.78 is 5.68. The van der Waals surface area contributed by atoms with E-state index >= 15 is 0 Å². The third kappa shape index (κ3) is 10.4. The van der Waals surface area contributed by atoms with Crippen molar-refractivity contribution in [1.82, 2.24) is 9.97 Å². The van der Waals surface area contributed by atoms with Gasteiger partial charge < -0.3 is 4.74 Å². The van der Waals surface area contributed by atoms with Crippen molar-refractivity contribution in [2.75, 3.05) is 0 Å². The van der Waals surface area contributed by atoms with Crippen molar-refractivity contribution >= 4 is 5.97 Å². The highest BCUT2D eigenvalue weighted by Gasteiger charge is 2.12. The first kappa shape index (κ1) is 29.5. The molecule has 0 radical (unpaired) electrons. The standard InChI is InChI=1S/C34H46N2O2/c1-4-6-8-10-12-15-30-25-35-33(36-26-30)31-22-20-28(21-23-31)18-19-29-16-13-17-32(24-29)34(37)38-27(3)14-11-9-7-5-2/h13,16-17,20-27H,4-12,14-15,18-19H2,1-3H3. The van der Waals surface area contributed by atoms with E-state index in [1.165, 1.54) is 62.5 Å². The van der Waals surface area contributed by atoms with Crippen LogP contribution in [-0.2, 0) is 24.0 Å². The first-order chi connectivity index (χ1) is 18.6. The first-order valence-electron chi connectivity index (χ1n) is 14.8. The Morgan fingerprint density at radius 2 is 1.39 bits per heavy atom. The Morgan fingerprint density at radius 1 is 0.737 bits per heavy atom. The van der Waals surface area contributed by atoms with Crippen molar-refractivity contribution in [2.24, 2.45) is 0 Å². The molecule has 3 aromatic rings. The summed E-state index contributed by atoms with van der Waals surface area (Å²) in [7, 11) is 0. The van der Waals surface area contributed by atoms with Crippen molar-refractivity contribution in [1.29, 1.82) is 0 Å². The summed E-state index contributed by atoms with van der Waals surface area (Å²) >= 11 is 0. The van der Waals surface area contributed by atoms with E-state index in [0.717, 1.165) is 49.1 Å². The van der Waals surface area contributed by atoms with Crippen molar-refractivity contribution in [2.45, 2.75) is 110 Å². The molecule has 1 atom stereocenters. The molecule has 2 aromatic carbocycles. The molecule has 1 aromatic heterocycles. The van der Waals surface area contributed by atoms with Gasteiger partial charge in [0.2, 0.25) is 0 Å². The van der Waals surface area contributed by atoms with Gasteiger partial charge in [0.05, 0.1) is 11.7 Å². The van der Waals surface area contributed by atoms with Gasteiger partial charge in [-0.1, -0.05) is 95.2 Å². The van der Waals surface area contributed by atoms with Crippen molar-refractivity contribution < 1.29 is 9.53 Å². The number of nitrogens with zero attached hydrogens (tertiary/aromatic N) is 2. The van der Waals surface area contributed by atoms with Crippen LogP contribution in [0.3, 0.4) is 0 Å². The van der Waals surface area contributed by atoms with Gasteiger partial charge in [0.1, 0.15) is 0 Å². The molecule has 0 fully saturated rings. The maximum Gasteiger partial charge on any atom is 0.338 e. The number of carbonyl (C=O) groups excluding carboxylic acids is 1. The fourth-order valence-corrected chi connectivity index (χ4v) is 4.70. The Balaban J connectivity index is 1.46. The van der Waals surface area contributed by atoms with Gasteiger partial charge in [0.15, 0.2) is 5.82 Å². The Bertz CT molecular complexity index is 1080. The minimum Gasteiger partial charge on any atom is -0.459 e. The lowest BCUT2D eigenvalue weighted by molar-refractivity contribution is 0.0319. The summed E-state index contributed by atoms with van der Waals surface area (Å²) in [5, 5.41) is 0. The molecule has 0 saturated carbocycles. The molecule has 0 aliphatic carbocycles. The number of rotatable bonds is 17. The first-order valence-corrected chi connectivity index (χ1v) is 14.8. The molecular formula is C34H46N2O2. The van der Waals surface area contributed by atoms with Crippen LogP contribution in [0.4, 0.5) is 0 Å². The van der Waals surface area contributed by atoms with Crippen LogP contribution in [0.15, 0.2) is 60.9 Å². The van der Waals surface area contributed by atoms with Crippen LogP contribution < -0.4 is 0 Å². The SMILES string of the molecule is CCCCCCCc1cnc(-c2ccc(CCc3cccc(C(=O)OC(C)CCCCCC)c3)cc2)nc1. The number of esters is 1. The number of hydrogen-bond donors (Lipinski definition) is 0. The van der Waals surface area contributed by atoms with E-state index in [9.17, 15) is 4.79 Å². The molecule has 3 rings (SSSR count).